The molecule has 134 valence electrons. The maximum atomic E-state index is 12.6. The van der Waals surface area contributed by atoms with E-state index < -0.39 is 11.3 Å². The van der Waals surface area contributed by atoms with Crippen LogP contribution in [-0.4, -0.2) is 32.6 Å². The molecular formula is C18H28N2O4. The van der Waals surface area contributed by atoms with Gasteiger partial charge in [-0.3, -0.25) is 9.59 Å². The van der Waals surface area contributed by atoms with Crippen LogP contribution in [0, 0.1) is 11.3 Å². The summed E-state index contributed by atoms with van der Waals surface area (Å²) in [6.45, 7) is 7.91. The van der Waals surface area contributed by atoms with Gasteiger partial charge in [0.1, 0.15) is 16.9 Å². The van der Waals surface area contributed by atoms with Crippen molar-refractivity contribution in [1.82, 2.24) is 5.32 Å². The Morgan fingerprint density at radius 2 is 1.79 bits per heavy atom. The molecule has 6 nitrogen and oxygen atoms in total. The molecule has 0 heterocycles. The zero-order valence-electron chi connectivity index (χ0n) is 15.4. The number of carbonyl (C=O) groups excluding carboxylic acids is 2. The molecule has 0 atom stereocenters. The van der Waals surface area contributed by atoms with Crippen LogP contribution in [0.1, 0.15) is 34.1 Å². The summed E-state index contributed by atoms with van der Waals surface area (Å²) in [5.74, 6) is 0.868. The van der Waals surface area contributed by atoms with Gasteiger partial charge in [-0.05, 0) is 38.3 Å². The van der Waals surface area contributed by atoms with E-state index in [-0.39, 0.29) is 5.91 Å². The number of benzene rings is 1. The molecule has 1 rings (SSSR count). The first-order chi connectivity index (χ1) is 11.2. The van der Waals surface area contributed by atoms with Crippen LogP contribution in [0.3, 0.4) is 0 Å². The fraction of sp³-hybridized carbons (Fsp3) is 0.556. The van der Waals surface area contributed by atoms with E-state index in [0.29, 0.717) is 29.6 Å². The van der Waals surface area contributed by atoms with Gasteiger partial charge in [-0.1, -0.05) is 13.8 Å². The fourth-order valence-electron chi connectivity index (χ4n) is 1.99. The standard InChI is InChI=1S/C18H28N2O4/c1-12(2)9-10-19-16(21)18(3,4)17(22)20-14-11-13(23-5)7-8-15(14)24-6/h7-8,11-12H,9-10H2,1-6H3,(H,19,21)(H,20,22). The summed E-state index contributed by atoms with van der Waals surface area (Å²) in [4.78, 5) is 24.9. The Hall–Kier alpha value is -2.24. The molecule has 0 spiro atoms. The molecule has 0 aliphatic heterocycles. The van der Waals surface area contributed by atoms with Crippen molar-refractivity contribution in [3.8, 4) is 11.5 Å². The predicted octanol–water partition coefficient (Wildman–Crippen LogP) is 2.83. The van der Waals surface area contributed by atoms with Gasteiger partial charge in [0.2, 0.25) is 11.8 Å². The summed E-state index contributed by atoms with van der Waals surface area (Å²) in [6.07, 6.45) is 0.868. The van der Waals surface area contributed by atoms with Crippen LogP contribution in [0.25, 0.3) is 0 Å². The molecule has 2 amide bonds. The third-order valence-corrected chi connectivity index (χ3v) is 3.80. The lowest BCUT2D eigenvalue weighted by atomic mass is 9.90. The average Bonchev–Trinajstić information content (AvgIpc) is 2.54. The van der Waals surface area contributed by atoms with Crippen molar-refractivity contribution in [3.05, 3.63) is 18.2 Å². The summed E-state index contributed by atoms with van der Waals surface area (Å²) >= 11 is 0. The van der Waals surface area contributed by atoms with Crippen LogP contribution >= 0.6 is 0 Å². The first-order valence-corrected chi connectivity index (χ1v) is 8.04. The Kier molecular flexibility index (Phi) is 7.07. The van der Waals surface area contributed by atoms with Gasteiger partial charge in [0.25, 0.3) is 0 Å². The minimum absolute atomic E-state index is 0.303. The highest BCUT2D eigenvalue weighted by atomic mass is 16.5. The fourth-order valence-corrected chi connectivity index (χ4v) is 1.99. The lowest BCUT2D eigenvalue weighted by molar-refractivity contribution is -0.138. The van der Waals surface area contributed by atoms with Gasteiger partial charge in [0.05, 0.1) is 19.9 Å². The van der Waals surface area contributed by atoms with E-state index in [1.165, 1.54) is 7.11 Å². The number of ether oxygens (including phenoxy) is 2. The van der Waals surface area contributed by atoms with E-state index in [4.69, 9.17) is 9.47 Å². The molecule has 6 heteroatoms. The van der Waals surface area contributed by atoms with Crippen molar-refractivity contribution < 1.29 is 19.1 Å². The van der Waals surface area contributed by atoms with Gasteiger partial charge >= 0.3 is 0 Å². The van der Waals surface area contributed by atoms with E-state index in [1.54, 1.807) is 39.2 Å². The van der Waals surface area contributed by atoms with Crippen LogP contribution in [0.2, 0.25) is 0 Å². The van der Waals surface area contributed by atoms with E-state index in [2.05, 4.69) is 24.5 Å². The van der Waals surface area contributed by atoms with E-state index in [1.807, 2.05) is 0 Å². The summed E-state index contributed by atoms with van der Waals surface area (Å²) in [7, 11) is 3.06. The highest BCUT2D eigenvalue weighted by Gasteiger charge is 2.36. The van der Waals surface area contributed by atoms with Gasteiger partial charge in [0.15, 0.2) is 0 Å². The lowest BCUT2D eigenvalue weighted by Crippen LogP contribution is -2.45. The summed E-state index contributed by atoms with van der Waals surface area (Å²) in [5, 5.41) is 5.57. The minimum Gasteiger partial charge on any atom is -0.497 e. The van der Waals surface area contributed by atoms with Gasteiger partial charge in [0, 0.05) is 12.6 Å². The van der Waals surface area contributed by atoms with Gasteiger partial charge < -0.3 is 20.1 Å². The Balaban J connectivity index is 2.83. The third kappa shape index (κ3) is 5.15. The molecular weight excluding hydrogens is 308 g/mol. The van der Waals surface area contributed by atoms with Crippen molar-refractivity contribution in [3.63, 3.8) is 0 Å². The molecule has 0 saturated heterocycles. The second-order valence-corrected chi connectivity index (χ2v) is 6.58. The predicted molar refractivity (Wildman–Crippen MR) is 94.4 cm³/mol. The molecule has 0 aromatic heterocycles. The second kappa shape index (κ2) is 8.57. The van der Waals surface area contributed by atoms with Crippen LogP contribution < -0.4 is 20.1 Å². The monoisotopic (exact) mass is 336 g/mol. The average molecular weight is 336 g/mol. The van der Waals surface area contributed by atoms with Crippen molar-refractivity contribution in [2.24, 2.45) is 11.3 Å². The topological polar surface area (TPSA) is 76.7 Å². The summed E-state index contributed by atoms with van der Waals surface area (Å²) in [5.41, 5.74) is -0.740. The quantitative estimate of drug-likeness (QED) is 0.716. The van der Waals surface area contributed by atoms with Crippen molar-refractivity contribution in [2.45, 2.75) is 34.1 Å². The zero-order chi connectivity index (χ0) is 18.3. The summed E-state index contributed by atoms with van der Waals surface area (Å²) < 4.78 is 10.4. The number of carbonyl (C=O) groups is 2. The van der Waals surface area contributed by atoms with Gasteiger partial charge in [-0.25, -0.2) is 0 Å². The summed E-state index contributed by atoms with van der Waals surface area (Å²) in [6, 6.07) is 5.09. The van der Waals surface area contributed by atoms with Gasteiger partial charge in [-0.2, -0.15) is 0 Å². The van der Waals surface area contributed by atoms with E-state index >= 15 is 0 Å². The Morgan fingerprint density at radius 3 is 2.33 bits per heavy atom. The first kappa shape index (κ1) is 19.8. The molecule has 0 radical (unpaired) electrons. The molecule has 1 aromatic rings. The van der Waals surface area contributed by atoms with E-state index in [0.717, 1.165) is 6.42 Å². The number of anilines is 1. The molecule has 0 saturated carbocycles. The van der Waals surface area contributed by atoms with Gasteiger partial charge in [-0.15, -0.1) is 0 Å². The molecule has 0 aliphatic carbocycles. The lowest BCUT2D eigenvalue weighted by Gasteiger charge is -2.23. The second-order valence-electron chi connectivity index (χ2n) is 6.58. The van der Waals surface area contributed by atoms with Crippen LogP contribution in [0.4, 0.5) is 5.69 Å². The number of nitrogens with one attached hydrogen (secondary N) is 2. The molecule has 1 aromatic carbocycles. The molecule has 0 bridgehead atoms. The Morgan fingerprint density at radius 1 is 1.12 bits per heavy atom. The van der Waals surface area contributed by atoms with Crippen LogP contribution in [-0.2, 0) is 9.59 Å². The molecule has 0 unspecified atom stereocenters. The molecule has 2 N–H and O–H groups in total. The minimum atomic E-state index is -1.20. The normalized spacial score (nSPS) is 11.1. The zero-order valence-corrected chi connectivity index (χ0v) is 15.4. The Bertz CT molecular complexity index is 582. The number of hydrogen-bond acceptors (Lipinski definition) is 4. The number of hydrogen-bond donors (Lipinski definition) is 2. The molecule has 0 fully saturated rings. The first-order valence-electron chi connectivity index (χ1n) is 8.04. The number of amides is 2. The SMILES string of the molecule is COc1ccc(OC)c(NC(=O)C(C)(C)C(=O)NCCC(C)C)c1. The molecule has 24 heavy (non-hydrogen) atoms. The highest BCUT2D eigenvalue weighted by molar-refractivity contribution is 6.10. The smallest absolute Gasteiger partial charge is 0.239 e. The largest absolute Gasteiger partial charge is 0.497 e. The van der Waals surface area contributed by atoms with Crippen LogP contribution in [0.5, 0.6) is 11.5 Å². The van der Waals surface area contributed by atoms with Crippen molar-refractivity contribution in [1.29, 1.82) is 0 Å². The number of rotatable bonds is 8. The third-order valence-electron chi connectivity index (χ3n) is 3.80. The number of methoxy groups -OCH3 is 2. The van der Waals surface area contributed by atoms with Crippen molar-refractivity contribution in [2.75, 3.05) is 26.1 Å². The highest BCUT2D eigenvalue weighted by Crippen LogP contribution is 2.30. The van der Waals surface area contributed by atoms with Crippen molar-refractivity contribution >= 4 is 17.5 Å². The van der Waals surface area contributed by atoms with E-state index in [9.17, 15) is 9.59 Å². The molecule has 0 aliphatic rings. The maximum absolute atomic E-state index is 12.6. The Labute approximate surface area is 143 Å². The van der Waals surface area contributed by atoms with Crippen LogP contribution in [0.15, 0.2) is 18.2 Å². The maximum Gasteiger partial charge on any atom is 0.239 e.